The van der Waals surface area contributed by atoms with E-state index >= 15 is 0 Å². The number of aromatic nitrogens is 2. The Morgan fingerprint density at radius 3 is 2.75 bits per heavy atom. The van der Waals surface area contributed by atoms with E-state index in [0.29, 0.717) is 0 Å². The van der Waals surface area contributed by atoms with Crippen molar-refractivity contribution in [2.24, 2.45) is 0 Å². The van der Waals surface area contributed by atoms with Crippen molar-refractivity contribution in [2.75, 3.05) is 0 Å². The maximum Gasteiger partial charge on any atom is 0.309 e. The number of halogens is 1. The minimum atomic E-state index is -0.821. The van der Waals surface area contributed by atoms with E-state index in [1.165, 1.54) is 0 Å². The molecule has 20 heavy (non-hydrogen) atoms. The summed E-state index contributed by atoms with van der Waals surface area (Å²) in [4.78, 5) is 15.6. The molecule has 104 valence electrons. The predicted molar refractivity (Wildman–Crippen MR) is 79.6 cm³/mol. The Kier molecular flexibility index (Phi) is 3.61. The van der Waals surface area contributed by atoms with Crippen LogP contribution in [0.15, 0.2) is 28.7 Å². The van der Waals surface area contributed by atoms with Crippen LogP contribution in [0, 0.1) is 0 Å². The fraction of sp³-hybridized carbons (Fsp3) is 0.333. The number of fused-ring (bicyclic) bond motifs is 1. The number of aliphatic carboxylic acids is 1. The van der Waals surface area contributed by atoms with Gasteiger partial charge < -0.3 is 9.67 Å². The molecule has 1 aliphatic heterocycles. The van der Waals surface area contributed by atoms with Crippen LogP contribution in [0.5, 0.6) is 0 Å². The van der Waals surface area contributed by atoms with Crippen LogP contribution in [-0.2, 0) is 24.2 Å². The summed E-state index contributed by atoms with van der Waals surface area (Å²) in [7, 11) is 0. The second-order valence-corrected chi connectivity index (χ2v) is 5.93. The zero-order valence-corrected chi connectivity index (χ0v) is 12.6. The smallest absolute Gasteiger partial charge is 0.309 e. The average molecular weight is 335 g/mol. The molecule has 1 N–H and O–H groups in total. The standard InChI is InChI=1S/C15H15BrN2O2/c16-11-6-4-10(5-7-11)15-17-12(9-14(19)20)13-3-1-2-8-18(13)15/h4-7H,1-3,8-9H2,(H,19,20). The number of nitrogens with zero attached hydrogens (tertiary/aromatic N) is 2. The van der Waals surface area contributed by atoms with Crippen LogP contribution in [0.3, 0.4) is 0 Å². The Morgan fingerprint density at radius 2 is 2.05 bits per heavy atom. The fourth-order valence-electron chi connectivity index (χ4n) is 2.72. The van der Waals surface area contributed by atoms with E-state index in [9.17, 15) is 4.79 Å². The molecule has 0 saturated heterocycles. The van der Waals surface area contributed by atoms with E-state index in [-0.39, 0.29) is 6.42 Å². The lowest BCUT2D eigenvalue weighted by atomic mass is 10.1. The molecule has 1 aliphatic rings. The largest absolute Gasteiger partial charge is 0.481 e. The lowest BCUT2D eigenvalue weighted by Gasteiger charge is -2.17. The van der Waals surface area contributed by atoms with Crippen molar-refractivity contribution in [1.82, 2.24) is 9.55 Å². The molecule has 0 bridgehead atoms. The number of carboxylic acid groups (broad SMARTS) is 1. The van der Waals surface area contributed by atoms with Crippen molar-refractivity contribution in [3.05, 3.63) is 40.1 Å². The molecule has 0 spiro atoms. The third-order valence-electron chi connectivity index (χ3n) is 3.62. The van der Waals surface area contributed by atoms with Crippen LogP contribution in [-0.4, -0.2) is 20.6 Å². The first-order valence-corrected chi connectivity index (χ1v) is 7.50. The average Bonchev–Trinajstić information content (AvgIpc) is 2.78. The molecule has 0 atom stereocenters. The van der Waals surface area contributed by atoms with Crippen molar-refractivity contribution in [3.8, 4) is 11.4 Å². The van der Waals surface area contributed by atoms with E-state index in [0.717, 1.165) is 53.1 Å². The van der Waals surface area contributed by atoms with Gasteiger partial charge in [0.1, 0.15) is 5.82 Å². The van der Waals surface area contributed by atoms with E-state index in [4.69, 9.17) is 5.11 Å². The maximum atomic E-state index is 11.0. The summed E-state index contributed by atoms with van der Waals surface area (Å²) in [6.45, 7) is 0.924. The summed E-state index contributed by atoms with van der Waals surface area (Å²) in [5, 5.41) is 9.03. The number of hydrogen-bond donors (Lipinski definition) is 1. The molecule has 5 heteroatoms. The quantitative estimate of drug-likeness (QED) is 0.937. The van der Waals surface area contributed by atoms with Crippen LogP contribution in [0.25, 0.3) is 11.4 Å². The van der Waals surface area contributed by atoms with Crippen molar-refractivity contribution in [3.63, 3.8) is 0 Å². The Balaban J connectivity index is 2.08. The minimum Gasteiger partial charge on any atom is -0.481 e. The molecule has 0 saturated carbocycles. The summed E-state index contributed by atoms with van der Waals surface area (Å²) in [6, 6.07) is 7.99. The van der Waals surface area contributed by atoms with Crippen molar-refractivity contribution < 1.29 is 9.90 Å². The van der Waals surface area contributed by atoms with Gasteiger partial charge in [0.15, 0.2) is 0 Å². The Bertz CT molecular complexity index is 647. The Hall–Kier alpha value is -1.62. The molecule has 0 fully saturated rings. The lowest BCUT2D eigenvalue weighted by molar-refractivity contribution is -0.136. The van der Waals surface area contributed by atoms with Crippen LogP contribution in [0.4, 0.5) is 0 Å². The highest BCUT2D eigenvalue weighted by Gasteiger charge is 2.22. The molecule has 0 unspecified atom stereocenters. The van der Waals surface area contributed by atoms with Crippen LogP contribution < -0.4 is 0 Å². The second kappa shape index (κ2) is 5.40. The van der Waals surface area contributed by atoms with Gasteiger partial charge in [-0.2, -0.15) is 0 Å². The van der Waals surface area contributed by atoms with Crippen molar-refractivity contribution in [2.45, 2.75) is 32.2 Å². The van der Waals surface area contributed by atoms with Crippen LogP contribution >= 0.6 is 15.9 Å². The van der Waals surface area contributed by atoms with Gasteiger partial charge in [-0.1, -0.05) is 28.1 Å². The maximum absolute atomic E-state index is 11.0. The van der Waals surface area contributed by atoms with Gasteiger partial charge in [-0.3, -0.25) is 4.79 Å². The van der Waals surface area contributed by atoms with Gasteiger partial charge in [0, 0.05) is 22.3 Å². The molecule has 3 rings (SSSR count). The number of benzene rings is 1. The molecular formula is C15H15BrN2O2. The number of carbonyl (C=O) groups is 1. The molecule has 0 aliphatic carbocycles. The monoisotopic (exact) mass is 334 g/mol. The summed E-state index contributed by atoms with van der Waals surface area (Å²) in [5.74, 6) is 0.0716. The minimum absolute atomic E-state index is 0.00581. The molecule has 2 heterocycles. The summed E-state index contributed by atoms with van der Waals surface area (Å²) < 4.78 is 3.21. The topological polar surface area (TPSA) is 55.1 Å². The Morgan fingerprint density at radius 1 is 1.30 bits per heavy atom. The number of hydrogen-bond acceptors (Lipinski definition) is 2. The van der Waals surface area contributed by atoms with Crippen LogP contribution in [0.1, 0.15) is 24.2 Å². The molecule has 1 aromatic carbocycles. The third kappa shape index (κ3) is 2.50. The zero-order valence-electron chi connectivity index (χ0n) is 11.0. The highest BCUT2D eigenvalue weighted by atomic mass is 79.9. The number of rotatable bonds is 3. The van der Waals surface area contributed by atoms with Gasteiger partial charge in [-0.25, -0.2) is 4.98 Å². The number of imidazole rings is 1. The summed E-state index contributed by atoms with van der Waals surface area (Å²) >= 11 is 3.43. The fourth-order valence-corrected chi connectivity index (χ4v) is 2.99. The highest BCUT2D eigenvalue weighted by Crippen LogP contribution is 2.28. The van der Waals surface area contributed by atoms with Gasteiger partial charge in [0.05, 0.1) is 12.1 Å². The predicted octanol–water partition coefficient (Wildman–Crippen LogP) is 3.28. The second-order valence-electron chi connectivity index (χ2n) is 5.01. The summed E-state index contributed by atoms with van der Waals surface area (Å²) in [6.07, 6.45) is 3.16. The van der Waals surface area contributed by atoms with Gasteiger partial charge in [0.2, 0.25) is 0 Å². The van der Waals surface area contributed by atoms with Gasteiger partial charge in [-0.05, 0) is 31.4 Å². The molecule has 2 aromatic rings. The lowest BCUT2D eigenvalue weighted by Crippen LogP contribution is -2.13. The molecule has 1 aromatic heterocycles. The van der Waals surface area contributed by atoms with E-state index in [1.54, 1.807) is 0 Å². The molecule has 0 radical (unpaired) electrons. The van der Waals surface area contributed by atoms with Gasteiger partial charge in [-0.15, -0.1) is 0 Å². The molecule has 4 nitrogen and oxygen atoms in total. The van der Waals surface area contributed by atoms with Crippen molar-refractivity contribution in [1.29, 1.82) is 0 Å². The first kappa shape index (κ1) is 13.4. The third-order valence-corrected chi connectivity index (χ3v) is 4.15. The molecule has 0 amide bonds. The van der Waals surface area contributed by atoms with Gasteiger partial charge >= 0.3 is 5.97 Å². The molecular weight excluding hydrogens is 320 g/mol. The normalized spacial score (nSPS) is 14.1. The highest BCUT2D eigenvalue weighted by molar-refractivity contribution is 9.10. The zero-order chi connectivity index (χ0) is 14.1. The van der Waals surface area contributed by atoms with Crippen molar-refractivity contribution >= 4 is 21.9 Å². The van der Waals surface area contributed by atoms with E-state index in [2.05, 4.69) is 25.5 Å². The number of carboxylic acids is 1. The van der Waals surface area contributed by atoms with Gasteiger partial charge in [0.25, 0.3) is 0 Å². The summed E-state index contributed by atoms with van der Waals surface area (Å²) in [5.41, 5.74) is 2.85. The first-order chi connectivity index (χ1) is 9.65. The SMILES string of the molecule is O=C(O)Cc1nc(-c2ccc(Br)cc2)n2c1CCCC2. The first-order valence-electron chi connectivity index (χ1n) is 6.71. The Labute approximate surface area is 125 Å². The van der Waals surface area contributed by atoms with E-state index < -0.39 is 5.97 Å². The van der Waals surface area contributed by atoms with E-state index in [1.807, 2.05) is 24.3 Å². The van der Waals surface area contributed by atoms with Crippen LogP contribution in [0.2, 0.25) is 0 Å².